The van der Waals surface area contributed by atoms with Crippen molar-refractivity contribution in [2.75, 3.05) is 27.9 Å². The van der Waals surface area contributed by atoms with E-state index in [1.165, 1.54) is 30.9 Å². The zero-order valence-corrected chi connectivity index (χ0v) is 22.8. The van der Waals surface area contributed by atoms with Crippen LogP contribution in [0.3, 0.4) is 0 Å². The molecule has 0 unspecified atom stereocenters. The quantitative estimate of drug-likeness (QED) is 0.204. The average molecular weight is 556 g/mol. The Morgan fingerprint density at radius 2 is 1.66 bits per heavy atom. The highest BCUT2D eigenvalue weighted by Gasteiger charge is 2.19. The molecule has 11 heteroatoms. The Kier molecular flexibility index (Phi) is 7.86. The van der Waals surface area contributed by atoms with Gasteiger partial charge in [0, 0.05) is 35.1 Å². The molecular formula is C30H29N5O6. The number of carbonyl (C=O) groups is 2. The van der Waals surface area contributed by atoms with E-state index in [1.54, 1.807) is 37.4 Å². The molecule has 0 saturated carbocycles. The van der Waals surface area contributed by atoms with Crippen LogP contribution in [0.25, 0.3) is 21.8 Å². The summed E-state index contributed by atoms with van der Waals surface area (Å²) in [6.07, 6.45) is 2.52. The second-order valence-corrected chi connectivity index (χ2v) is 9.21. The molecule has 5 rings (SSSR count). The van der Waals surface area contributed by atoms with Crippen LogP contribution in [0.5, 0.6) is 23.1 Å². The van der Waals surface area contributed by atoms with Gasteiger partial charge in [0.25, 0.3) is 5.91 Å². The van der Waals surface area contributed by atoms with E-state index < -0.39 is 5.91 Å². The first-order valence-corrected chi connectivity index (χ1v) is 12.8. The number of H-pyrrole nitrogens is 1. The number of hydrogen-bond acceptors (Lipinski definition) is 7. The number of fused-ring (bicyclic) bond motifs is 2. The van der Waals surface area contributed by atoms with Crippen LogP contribution < -0.4 is 19.5 Å². The van der Waals surface area contributed by atoms with Crippen molar-refractivity contribution in [1.82, 2.24) is 14.9 Å². The Balaban J connectivity index is 1.31. The van der Waals surface area contributed by atoms with E-state index in [9.17, 15) is 14.7 Å². The molecule has 210 valence electrons. The van der Waals surface area contributed by atoms with Crippen LogP contribution in [0.1, 0.15) is 15.9 Å². The molecule has 2 aromatic heterocycles. The third-order valence-corrected chi connectivity index (χ3v) is 6.75. The van der Waals surface area contributed by atoms with Crippen LogP contribution in [0.4, 0.5) is 5.69 Å². The minimum Gasteiger partial charge on any atom is -0.497 e. The zero-order chi connectivity index (χ0) is 28.9. The number of para-hydroxylation sites is 1. The van der Waals surface area contributed by atoms with Crippen molar-refractivity contribution >= 4 is 39.3 Å². The van der Waals surface area contributed by atoms with Crippen LogP contribution in [0.2, 0.25) is 0 Å². The van der Waals surface area contributed by atoms with E-state index in [0.717, 1.165) is 22.2 Å². The molecule has 2 amide bonds. The van der Waals surface area contributed by atoms with E-state index >= 15 is 0 Å². The molecule has 0 bridgehead atoms. The van der Waals surface area contributed by atoms with Gasteiger partial charge >= 0.3 is 0 Å². The number of benzene rings is 3. The molecule has 3 N–H and O–H groups in total. The van der Waals surface area contributed by atoms with Gasteiger partial charge < -0.3 is 34.2 Å². The normalized spacial score (nSPS) is 11.3. The first kappa shape index (κ1) is 27.3. The number of carbonyl (C=O) groups excluding carboxylic acids is 2. The highest BCUT2D eigenvalue weighted by molar-refractivity contribution is 5.98. The predicted molar refractivity (Wildman–Crippen MR) is 154 cm³/mol. The minimum atomic E-state index is -0.647. The van der Waals surface area contributed by atoms with Gasteiger partial charge in [0.1, 0.15) is 23.8 Å². The molecule has 0 fully saturated rings. The predicted octanol–water partition coefficient (Wildman–Crippen LogP) is 5.14. The Bertz CT molecular complexity index is 1750. The van der Waals surface area contributed by atoms with Crippen molar-refractivity contribution < 1.29 is 28.9 Å². The van der Waals surface area contributed by atoms with Gasteiger partial charge in [-0.15, -0.1) is 10.2 Å². The fraction of sp³-hybridized carbons (Fsp3) is 0.200. The number of nitrogens with zero attached hydrogens (tertiary/aromatic N) is 3. The lowest BCUT2D eigenvalue weighted by molar-refractivity contribution is -0.121. The van der Waals surface area contributed by atoms with Crippen LogP contribution in [-0.2, 0) is 17.8 Å². The minimum absolute atomic E-state index is 0.0874. The lowest BCUT2D eigenvalue weighted by atomic mass is 10.1. The van der Waals surface area contributed by atoms with Crippen molar-refractivity contribution in [3.05, 3.63) is 78.0 Å². The smallest absolute Gasteiger partial charge is 0.295 e. The van der Waals surface area contributed by atoms with Crippen LogP contribution >= 0.6 is 0 Å². The summed E-state index contributed by atoms with van der Waals surface area (Å²) >= 11 is 0. The molecule has 0 aliphatic carbocycles. The number of rotatable bonds is 10. The largest absolute Gasteiger partial charge is 0.497 e. The van der Waals surface area contributed by atoms with Crippen LogP contribution in [-0.4, -0.2) is 54.3 Å². The summed E-state index contributed by atoms with van der Waals surface area (Å²) in [4.78, 5) is 28.9. The SMILES string of the molecule is COc1cc(OC)cc(C(=O)N=Nc2c(O)n(CC(=O)NCCc3c[nH]c4ccc(OC)cc34)c3ccccc23)c1. The van der Waals surface area contributed by atoms with Crippen LogP contribution in [0, 0.1) is 0 Å². The number of methoxy groups -OCH3 is 3. The fourth-order valence-corrected chi connectivity index (χ4v) is 4.64. The van der Waals surface area contributed by atoms with Crippen molar-refractivity contribution in [2.45, 2.75) is 13.0 Å². The third kappa shape index (κ3) is 5.69. The third-order valence-electron chi connectivity index (χ3n) is 6.75. The summed E-state index contributed by atoms with van der Waals surface area (Å²) in [6, 6.07) is 17.5. The summed E-state index contributed by atoms with van der Waals surface area (Å²) in [5.41, 5.74) is 2.91. The Labute approximate surface area is 235 Å². The van der Waals surface area contributed by atoms with Crippen molar-refractivity contribution in [2.24, 2.45) is 10.2 Å². The van der Waals surface area contributed by atoms with E-state index in [-0.39, 0.29) is 29.6 Å². The lowest BCUT2D eigenvalue weighted by Gasteiger charge is -2.08. The fourth-order valence-electron chi connectivity index (χ4n) is 4.64. The molecular weight excluding hydrogens is 526 g/mol. The van der Waals surface area contributed by atoms with E-state index in [4.69, 9.17) is 14.2 Å². The number of ether oxygens (including phenoxy) is 3. The standard InChI is InChI=1S/C30H29N5O6/c1-39-20-8-9-25-24(15-20)18(16-32-25)10-11-31-27(36)17-35-26-7-5-4-6-23(26)28(30(35)38)33-34-29(37)19-12-21(40-2)14-22(13-19)41-3/h4-9,12-16,32,38H,10-11,17H2,1-3H3,(H,31,36). The number of aromatic amines is 1. The monoisotopic (exact) mass is 555 g/mol. The van der Waals surface area contributed by atoms with E-state index in [0.29, 0.717) is 35.4 Å². The maximum absolute atomic E-state index is 12.9. The Hall–Kier alpha value is -5.32. The molecule has 0 saturated heterocycles. The number of aromatic hydroxyl groups is 1. The number of nitrogens with one attached hydrogen (secondary N) is 2. The summed E-state index contributed by atoms with van der Waals surface area (Å²) < 4.78 is 17.2. The van der Waals surface area contributed by atoms with Gasteiger partial charge in [-0.3, -0.25) is 9.59 Å². The van der Waals surface area contributed by atoms with Gasteiger partial charge in [-0.2, -0.15) is 0 Å². The van der Waals surface area contributed by atoms with Crippen LogP contribution in [0.15, 0.2) is 77.1 Å². The zero-order valence-electron chi connectivity index (χ0n) is 22.8. The molecule has 41 heavy (non-hydrogen) atoms. The van der Waals surface area contributed by atoms with Gasteiger partial charge in [0.2, 0.25) is 11.8 Å². The Morgan fingerprint density at radius 1 is 0.927 bits per heavy atom. The second kappa shape index (κ2) is 11.8. The van der Waals surface area contributed by atoms with Gasteiger partial charge in [-0.05, 0) is 48.4 Å². The molecule has 11 nitrogen and oxygen atoms in total. The molecule has 0 aliphatic heterocycles. The molecule has 0 atom stereocenters. The van der Waals surface area contributed by atoms with Gasteiger partial charge in [-0.1, -0.05) is 18.2 Å². The van der Waals surface area contributed by atoms with Crippen molar-refractivity contribution in [3.8, 4) is 23.1 Å². The summed E-state index contributed by atoms with van der Waals surface area (Å²) in [7, 11) is 4.58. The van der Waals surface area contributed by atoms with E-state index in [1.807, 2.05) is 24.4 Å². The first-order chi connectivity index (χ1) is 19.9. The van der Waals surface area contributed by atoms with Gasteiger partial charge in [0.05, 0.1) is 32.4 Å². The van der Waals surface area contributed by atoms with Crippen molar-refractivity contribution in [1.29, 1.82) is 0 Å². The maximum atomic E-state index is 12.9. The molecule has 2 heterocycles. The van der Waals surface area contributed by atoms with E-state index in [2.05, 4.69) is 20.5 Å². The molecule has 3 aromatic carbocycles. The van der Waals surface area contributed by atoms with Crippen molar-refractivity contribution in [3.63, 3.8) is 0 Å². The highest BCUT2D eigenvalue weighted by Crippen LogP contribution is 2.39. The number of azo groups is 1. The molecule has 0 aliphatic rings. The molecule has 0 spiro atoms. The summed E-state index contributed by atoms with van der Waals surface area (Å²) in [5.74, 6) is 0.406. The summed E-state index contributed by atoms with van der Waals surface area (Å²) in [6.45, 7) is 0.249. The highest BCUT2D eigenvalue weighted by atomic mass is 16.5. The Morgan fingerprint density at radius 3 is 2.39 bits per heavy atom. The topological polar surface area (TPSA) is 140 Å². The van der Waals surface area contributed by atoms with Gasteiger partial charge in [-0.25, -0.2) is 0 Å². The number of aromatic nitrogens is 2. The lowest BCUT2D eigenvalue weighted by Crippen LogP contribution is -2.29. The molecule has 0 radical (unpaired) electrons. The first-order valence-electron chi connectivity index (χ1n) is 12.8. The second-order valence-electron chi connectivity index (χ2n) is 9.21. The number of hydrogen-bond donors (Lipinski definition) is 3. The average Bonchev–Trinajstić information content (AvgIpc) is 3.52. The number of amides is 2. The maximum Gasteiger partial charge on any atom is 0.295 e. The molecule has 5 aromatic rings. The summed E-state index contributed by atoms with van der Waals surface area (Å²) in [5, 5.41) is 23.4. The van der Waals surface area contributed by atoms with Gasteiger partial charge in [0.15, 0.2) is 5.69 Å².